The summed E-state index contributed by atoms with van der Waals surface area (Å²) in [6, 6.07) is 7.92. The zero-order valence-corrected chi connectivity index (χ0v) is 18.4. The van der Waals surface area contributed by atoms with Gasteiger partial charge in [-0.25, -0.2) is 0 Å². The molecule has 0 radical (unpaired) electrons. The van der Waals surface area contributed by atoms with Crippen LogP contribution in [0.1, 0.15) is 18.1 Å². The van der Waals surface area contributed by atoms with Gasteiger partial charge in [0.1, 0.15) is 0 Å². The molecule has 10 heteroatoms. The topological polar surface area (TPSA) is 29.6 Å². The van der Waals surface area contributed by atoms with Gasteiger partial charge >= 0.3 is 12.4 Å². The van der Waals surface area contributed by atoms with Crippen molar-refractivity contribution in [3.05, 3.63) is 71.8 Å². The van der Waals surface area contributed by atoms with Gasteiger partial charge in [0, 0.05) is 15.5 Å². The lowest BCUT2D eigenvalue weighted by Gasteiger charge is -2.38. The Bertz CT molecular complexity index is 963. The van der Waals surface area contributed by atoms with E-state index in [1.54, 1.807) is 0 Å². The monoisotopic (exact) mass is 492 g/mol. The first-order valence-electron chi connectivity index (χ1n) is 9.33. The van der Waals surface area contributed by atoms with Crippen LogP contribution in [0.2, 0.25) is 0 Å². The van der Waals surface area contributed by atoms with Crippen molar-refractivity contribution in [2.75, 3.05) is 12.4 Å². The Morgan fingerprint density at radius 3 is 1.75 bits per heavy atom. The molecular formula is C22H18F6O2S2. The molecule has 0 saturated carbocycles. The number of benzene rings is 2. The van der Waals surface area contributed by atoms with E-state index in [9.17, 15) is 31.1 Å². The fraction of sp³-hybridized carbons (Fsp3) is 0.318. The first-order chi connectivity index (χ1) is 14.9. The van der Waals surface area contributed by atoms with Gasteiger partial charge in [0.15, 0.2) is 0 Å². The summed E-state index contributed by atoms with van der Waals surface area (Å²) in [6.45, 7) is 5.53. The Kier molecular flexibility index (Phi) is 7.07. The van der Waals surface area contributed by atoms with Crippen molar-refractivity contribution < 1.29 is 35.9 Å². The molecule has 1 saturated heterocycles. The van der Waals surface area contributed by atoms with Gasteiger partial charge in [-0.2, -0.15) is 26.3 Å². The van der Waals surface area contributed by atoms with E-state index in [-0.39, 0.29) is 16.6 Å². The lowest BCUT2D eigenvalue weighted by Crippen LogP contribution is -2.54. The quantitative estimate of drug-likeness (QED) is 0.184. The minimum absolute atomic E-state index is 0.0669. The summed E-state index contributed by atoms with van der Waals surface area (Å²) in [6.07, 6.45) is -11.3. The van der Waals surface area contributed by atoms with Crippen LogP contribution in [-0.2, 0) is 14.9 Å². The Balaban J connectivity index is 2.03. The minimum Gasteiger partial charge on any atom is -0.372 e. The van der Waals surface area contributed by atoms with Crippen LogP contribution in [0, 0.1) is 0 Å². The number of thioether (sulfide) groups is 2. The standard InChI is InChI=1S/C22H18F6O2S2/c1-13(2)19(29)32-18-9-5-15(6-10-18)20(21(23,24)25,22(26,27)28)14-3-7-17(8-4-14)31-12-16-11-30-16/h3-10,16H,1,11-12H2,2H3. The van der Waals surface area contributed by atoms with E-state index < -0.39 is 34.0 Å². The van der Waals surface area contributed by atoms with E-state index >= 15 is 0 Å². The molecule has 2 aromatic carbocycles. The number of alkyl halides is 6. The van der Waals surface area contributed by atoms with Crippen molar-refractivity contribution in [1.82, 2.24) is 0 Å². The number of carbonyl (C=O) groups excluding carboxylic acids is 1. The van der Waals surface area contributed by atoms with Crippen LogP contribution < -0.4 is 0 Å². The van der Waals surface area contributed by atoms with Gasteiger partial charge in [-0.15, -0.1) is 11.8 Å². The first-order valence-corrected chi connectivity index (χ1v) is 11.1. The van der Waals surface area contributed by atoms with Crippen LogP contribution in [0.5, 0.6) is 0 Å². The average molecular weight is 493 g/mol. The van der Waals surface area contributed by atoms with Gasteiger partial charge in [-0.1, -0.05) is 30.8 Å². The molecule has 1 aliphatic heterocycles. The molecule has 2 nitrogen and oxygen atoms in total. The lowest BCUT2D eigenvalue weighted by atomic mass is 9.73. The van der Waals surface area contributed by atoms with Crippen LogP contribution in [0.25, 0.3) is 0 Å². The van der Waals surface area contributed by atoms with E-state index in [0.29, 0.717) is 29.0 Å². The second-order valence-electron chi connectivity index (χ2n) is 7.23. The summed E-state index contributed by atoms with van der Waals surface area (Å²) < 4.78 is 90.3. The molecule has 2 aromatic rings. The smallest absolute Gasteiger partial charge is 0.372 e. The molecule has 0 aliphatic carbocycles. The maximum atomic E-state index is 14.2. The molecule has 32 heavy (non-hydrogen) atoms. The van der Waals surface area contributed by atoms with Gasteiger partial charge in [0.05, 0.1) is 12.7 Å². The highest BCUT2D eigenvalue weighted by Crippen LogP contribution is 2.56. The van der Waals surface area contributed by atoms with E-state index in [1.807, 2.05) is 0 Å². The molecule has 0 bridgehead atoms. The van der Waals surface area contributed by atoms with Crippen molar-refractivity contribution in [3.8, 4) is 0 Å². The highest BCUT2D eigenvalue weighted by atomic mass is 32.2. The number of epoxide rings is 1. The van der Waals surface area contributed by atoms with Gasteiger partial charge in [0.2, 0.25) is 10.5 Å². The Morgan fingerprint density at radius 1 is 0.938 bits per heavy atom. The molecular weight excluding hydrogens is 474 g/mol. The molecule has 3 rings (SSSR count). The third-order valence-electron chi connectivity index (χ3n) is 4.82. The largest absolute Gasteiger partial charge is 0.411 e. The second kappa shape index (κ2) is 9.15. The summed E-state index contributed by atoms with van der Waals surface area (Å²) >= 11 is 1.98. The Labute approximate surface area is 189 Å². The summed E-state index contributed by atoms with van der Waals surface area (Å²) in [5, 5.41) is -0.430. The number of hydrogen-bond donors (Lipinski definition) is 0. The van der Waals surface area contributed by atoms with Gasteiger partial charge in [-0.3, -0.25) is 4.79 Å². The molecule has 172 valence electrons. The number of ether oxygens (including phenoxy) is 1. The SMILES string of the molecule is C=C(C)C(=O)Sc1ccc(C(c2ccc(SCC3CO3)cc2)(C(F)(F)F)C(F)(F)F)cc1. The minimum atomic E-state index is -5.66. The number of hydrogen-bond acceptors (Lipinski definition) is 4. The maximum absolute atomic E-state index is 14.2. The van der Waals surface area contributed by atoms with Crippen molar-refractivity contribution in [2.24, 2.45) is 0 Å². The summed E-state index contributed by atoms with van der Waals surface area (Å²) in [4.78, 5) is 12.5. The third-order valence-corrected chi connectivity index (χ3v) is 7.01. The van der Waals surface area contributed by atoms with Crippen molar-refractivity contribution >= 4 is 28.6 Å². The van der Waals surface area contributed by atoms with Crippen molar-refractivity contribution in [2.45, 2.75) is 40.6 Å². The van der Waals surface area contributed by atoms with Crippen LogP contribution in [-0.4, -0.2) is 35.9 Å². The predicted octanol–water partition coefficient (Wildman–Crippen LogP) is 6.78. The summed E-state index contributed by atoms with van der Waals surface area (Å²) in [5.41, 5.74) is -5.91. The molecule has 1 atom stereocenters. The zero-order valence-electron chi connectivity index (χ0n) is 16.7. The number of rotatable bonds is 7. The number of halogens is 6. The number of carbonyl (C=O) groups is 1. The highest BCUT2D eigenvalue weighted by Gasteiger charge is 2.72. The average Bonchev–Trinajstić information content (AvgIpc) is 3.51. The second-order valence-corrected chi connectivity index (χ2v) is 9.37. The van der Waals surface area contributed by atoms with Crippen LogP contribution in [0.3, 0.4) is 0 Å². The molecule has 1 fully saturated rings. The van der Waals surface area contributed by atoms with Gasteiger partial charge < -0.3 is 4.74 Å². The van der Waals surface area contributed by atoms with Crippen LogP contribution in [0.15, 0.2) is 70.5 Å². The normalized spacial score (nSPS) is 16.7. The van der Waals surface area contributed by atoms with Crippen LogP contribution >= 0.6 is 23.5 Å². The molecule has 0 amide bonds. The molecule has 1 heterocycles. The van der Waals surface area contributed by atoms with E-state index in [4.69, 9.17) is 4.74 Å². The van der Waals surface area contributed by atoms with Crippen LogP contribution in [0.4, 0.5) is 26.3 Å². The van der Waals surface area contributed by atoms with E-state index in [0.717, 1.165) is 36.4 Å². The first kappa shape index (κ1) is 24.7. The highest BCUT2D eigenvalue weighted by molar-refractivity contribution is 8.14. The predicted molar refractivity (Wildman–Crippen MR) is 112 cm³/mol. The van der Waals surface area contributed by atoms with E-state index in [2.05, 4.69) is 6.58 Å². The summed E-state index contributed by atoms with van der Waals surface area (Å²) in [7, 11) is 0. The van der Waals surface area contributed by atoms with E-state index in [1.165, 1.54) is 30.8 Å². The molecule has 0 aromatic heterocycles. The molecule has 0 spiro atoms. The molecule has 0 N–H and O–H groups in total. The lowest BCUT2D eigenvalue weighted by molar-refractivity contribution is -0.288. The van der Waals surface area contributed by atoms with Crippen molar-refractivity contribution in [3.63, 3.8) is 0 Å². The molecule has 1 unspecified atom stereocenters. The van der Waals surface area contributed by atoms with Gasteiger partial charge in [-0.05, 0) is 59.7 Å². The fourth-order valence-electron chi connectivity index (χ4n) is 3.10. The Hall–Kier alpha value is -1.91. The summed E-state index contributed by atoms with van der Waals surface area (Å²) in [5.74, 6) is 0.574. The Morgan fingerprint density at radius 2 is 1.38 bits per heavy atom. The maximum Gasteiger partial charge on any atom is 0.411 e. The van der Waals surface area contributed by atoms with Gasteiger partial charge in [0.25, 0.3) is 0 Å². The fourth-order valence-corrected chi connectivity index (χ4v) is 4.66. The van der Waals surface area contributed by atoms with Crippen molar-refractivity contribution in [1.29, 1.82) is 0 Å². The molecule has 1 aliphatic rings. The zero-order chi connectivity index (χ0) is 23.7. The third kappa shape index (κ3) is 5.02.